The monoisotopic (exact) mass is 510 g/mol. The Hall–Kier alpha value is -2.92. The highest BCUT2D eigenvalue weighted by Crippen LogP contribution is 2.34. The molecule has 3 aliphatic rings. The van der Waals surface area contributed by atoms with E-state index in [4.69, 9.17) is 4.74 Å². The summed E-state index contributed by atoms with van der Waals surface area (Å²) in [5.41, 5.74) is 3.56. The molecule has 1 N–H and O–H groups in total. The van der Waals surface area contributed by atoms with E-state index in [1.54, 1.807) is 18.4 Å². The molecule has 0 aliphatic carbocycles. The minimum atomic E-state index is -0.902. The largest absolute Gasteiger partial charge is 0.598 e. The average molecular weight is 511 g/mol. The number of hydrogen-bond donors (Lipinski definition) is 1. The normalized spacial score (nSPS) is 21.9. The SMILES string of the molecule is C[S+]([O-])N1CCN(Cc2ccc(COc3cccc4c3CN(C3CCC(=O)NC3=O)C4=O)cc2)CC1. The first-order chi connectivity index (χ1) is 17.4. The van der Waals surface area contributed by atoms with Crippen LogP contribution >= 0.6 is 0 Å². The molecule has 0 spiro atoms. The van der Waals surface area contributed by atoms with Gasteiger partial charge in [-0.25, -0.2) is 0 Å². The van der Waals surface area contributed by atoms with Crippen LogP contribution < -0.4 is 10.1 Å². The molecule has 36 heavy (non-hydrogen) atoms. The topological polar surface area (TPSA) is 105 Å². The first-order valence-electron chi connectivity index (χ1n) is 12.2. The van der Waals surface area contributed by atoms with Crippen molar-refractivity contribution >= 4 is 29.1 Å². The minimum absolute atomic E-state index is 0.208. The Morgan fingerprint density at radius 1 is 1.03 bits per heavy atom. The lowest BCUT2D eigenvalue weighted by Crippen LogP contribution is -2.52. The number of carbonyl (C=O) groups is 3. The van der Waals surface area contributed by atoms with E-state index in [9.17, 15) is 18.9 Å². The number of ether oxygens (including phenoxy) is 1. The smallest absolute Gasteiger partial charge is 0.255 e. The highest BCUT2D eigenvalue weighted by atomic mass is 32.2. The molecule has 5 rings (SSSR count). The van der Waals surface area contributed by atoms with E-state index in [0.29, 0.717) is 24.3 Å². The zero-order valence-corrected chi connectivity index (χ0v) is 21.1. The summed E-state index contributed by atoms with van der Waals surface area (Å²) in [6.45, 7) is 4.95. The number of nitrogens with zero attached hydrogens (tertiary/aromatic N) is 3. The van der Waals surface area contributed by atoms with Gasteiger partial charge in [0.15, 0.2) is 0 Å². The van der Waals surface area contributed by atoms with Crippen molar-refractivity contribution < 1.29 is 23.7 Å². The van der Waals surface area contributed by atoms with E-state index < -0.39 is 23.3 Å². The fourth-order valence-corrected chi connectivity index (χ4v) is 5.67. The number of fused-ring (bicyclic) bond motifs is 1. The zero-order chi connectivity index (χ0) is 25.2. The van der Waals surface area contributed by atoms with Gasteiger partial charge in [0, 0.05) is 48.5 Å². The van der Waals surface area contributed by atoms with Crippen LogP contribution in [0, 0.1) is 0 Å². The standard InChI is InChI=1S/C26H30N4O5S/c1-36(34)29-13-11-28(12-14-29)15-18-5-7-19(8-6-18)17-35-23-4-2-3-20-21(23)16-30(26(20)33)22-9-10-24(31)27-25(22)32/h2-8,22H,9-17H2,1H3,(H,27,31,32). The molecular weight excluding hydrogens is 480 g/mol. The molecule has 190 valence electrons. The average Bonchev–Trinajstić information content (AvgIpc) is 3.21. The van der Waals surface area contributed by atoms with Crippen LogP contribution in [0.2, 0.25) is 0 Å². The summed E-state index contributed by atoms with van der Waals surface area (Å²) in [7, 11) is 0. The maximum absolute atomic E-state index is 13.0. The van der Waals surface area contributed by atoms with E-state index in [1.807, 2.05) is 10.4 Å². The van der Waals surface area contributed by atoms with E-state index in [-0.39, 0.29) is 24.8 Å². The maximum Gasteiger partial charge on any atom is 0.255 e. The molecular formula is C26H30N4O5S. The maximum atomic E-state index is 13.0. The summed E-state index contributed by atoms with van der Waals surface area (Å²) in [4.78, 5) is 40.7. The van der Waals surface area contributed by atoms with Crippen LogP contribution in [0.15, 0.2) is 42.5 Å². The van der Waals surface area contributed by atoms with E-state index >= 15 is 0 Å². The molecule has 3 heterocycles. The van der Waals surface area contributed by atoms with Gasteiger partial charge in [0.25, 0.3) is 5.91 Å². The van der Waals surface area contributed by atoms with Crippen LogP contribution in [-0.4, -0.2) is 74.9 Å². The highest BCUT2D eigenvalue weighted by Gasteiger charge is 2.40. The van der Waals surface area contributed by atoms with Crippen molar-refractivity contribution in [3.8, 4) is 5.75 Å². The molecule has 0 aromatic heterocycles. The Labute approximate surface area is 213 Å². The van der Waals surface area contributed by atoms with Gasteiger partial charge in [-0.05, 0) is 29.7 Å². The lowest BCUT2D eigenvalue weighted by Gasteiger charge is -2.33. The zero-order valence-electron chi connectivity index (χ0n) is 20.3. The second-order valence-corrected chi connectivity index (χ2v) is 10.8. The van der Waals surface area contributed by atoms with Crippen molar-refractivity contribution in [3.63, 3.8) is 0 Å². The fourth-order valence-electron chi connectivity index (χ4n) is 5.00. The summed E-state index contributed by atoms with van der Waals surface area (Å²) in [5, 5.41) is 2.33. The number of piperazine rings is 1. The molecule has 2 fully saturated rings. The fraction of sp³-hybridized carbons (Fsp3) is 0.423. The van der Waals surface area contributed by atoms with Crippen molar-refractivity contribution in [2.24, 2.45) is 0 Å². The van der Waals surface area contributed by atoms with Crippen LogP contribution in [0.3, 0.4) is 0 Å². The lowest BCUT2D eigenvalue weighted by molar-refractivity contribution is -0.136. The number of imide groups is 1. The number of amides is 3. The third kappa shape index (κ3) is 5.27. The van der Waals surface area contributed by atoms with Crippen LogP contribution in [0.4, 0.5) is 0 Å². The third-order valence-corrected chi connectivity index (χ3v) is 8.15. The molecule has 3 amide bonds. The molecule has 2 unspecified atom stereocenters. The number of rotatable bonds is 7. The lowest BCUT2D eigenvalue weighted by atomic mass is 10.0. The minimum Gasteiger partial charge on any atom is -0.598 e. The van der Waals surface area contributed by atoms with Crippen molar-refractivity contribution in [3.05, 3.63) is 64.7 Å². The van der Waals surface area contributed by atoms with Gasteiger partial charge in [0.1, 0.15) is 24.7 Å². The second kappa shape index (κ2) is 10.6. The van der Waals surface area contributed by atoms with E-state index in [2.05, 4.69) is 34.5 Å². The highest BCUT2D eigenvalue weighted by molar-refractivity contribution is 7.88. The van der Waals surface area contributed by atoms with Crippen LogP contribution in [0.1, 0.15) is 39.9 Å². The van der Waals surface area contributed by atoms with Crippen molar-refractivity contribution in [1.29, 1.82) is 0 Å². The molecule has 2 aromatic rings. The summed E-state index contributed by atoms with van der Waals surface area (Å²) >= 11 is -0.902. The van der Waals surface area contributed by atoms with Gasteiger partial charge in [-0.2, -0.15) is 0 Å². The van der Waals surface area contributed by atoms with Crippen molar-refractivity contribution in [2.45, 2.75) is 38.6 Å². The van der Waals surface area contributed by atoms with E-state index in [0.717, 1.165) is 43.9 Å². The molecule has 3 aliphatic heterocycles. The molecule has 2 saturated heterocycles. The van der Waals surface area contributed by atoms with Crippen LogP contribution in [0.25, 0.3) is 0 Å². The Morgan fingerprint density at radius 2 is 1.75 bits per heavy atom. The van der Waals surface area contributed by atoms with Crippen LogP contribution in [0.5, 0.6) is 5.75 Å². The van der Waals surface area contributed by atoms with Crippen molar-refractivity contribution in [2.75, 3.05) is 32.4 Å². The Morgan fingerprint density at radius 3 is 2.44 bits per heavy atom. The van der Waals surface area contributed by atoms with Crippen molar-refractivity contribution in [1.82, 2.24) is 19.4 Å². The quantitative estimate of drug-likeness (QED) is 0.444. The van der Waals surface area contributed by atoms with Gasteiger partial charge in [-0.15, -0.1) is 4.31 Å². The molecule has 10 heteroatoms. The second-order valence-electron chi connectivity index (χ2n) is 9.42. The Kier molecular flexibility index (Phi) is 7.29. The van der Waals surface area contributed by atoms with E-state index in [1.165, 1.54) is 10.5 Å². The van der Waals surface area contributed by atoms with Crippen LogP contribution in [-0.2, 0) is 40.6 Å². The first-order valence-corrected chi connectivity index (χ1v) is 13.7. The summed E-state index contributed by atoms with van der Waals surface area (Å²) in [5.74, 6) is -0.296. The molecule has 2 aromatic carbocycles. The molecule has 0 bridgehead atoms. The van der Waals surface area contributed by atoms with Gasteiger partial charge < -0.3 is 14.2 Å². The number of hydrogen-bond acceptors (Lipinski definition) is 7. The predicted molar refractivity (Wildman–Crippen MR) is 134 cm³/mol. The number of piperidine rings is 1. The summed E-state index contributed by atoms with van der Waals surface area (Å²) in [6, 6.07) is 13.1. The Balaban J connectivity index is 1.18. The Bertz CT molecular complexity index is 1150. The van der Waals surface area contributed by atoms with Gasteiger partial charge in [0.05, 0.1) is 19.6 Å². The van der Waals surface area contributed by atoms with Gasteiger partial charge in [0.2, 0.25) is 11.8 Å². The van der Waals surface area contributed by atoms with Gasteiger partial charge in [-0.3, -0.25) is 24.6 Å². The molecule has 0 radical (unpaired) electrons. The predicted octanol–water partition coefficient (Wildman–Crippen LogP) is 1.44. The van der Waals surface area contributed by atoms with Gasteiger partial charge >= 0.3 is 0 Å². The molecule has 9 nitrogen and oxygen atoms in total. The van der Waals surface area contributed by atoms with Gasteiger partial charge in [-0.1, -0.05) is 30.3 Å². The molecule has 0 saturated carbocycles. The number of benzene rings is 2. The molecule has 2 atom stereocenters. The number of carbonyl (C=O) groups excluding carboxylic acids is 3. The third-order valence-electron chi connectivity index (χ3n) is 7.06. The first kappa shape index (κ1) is 24.8. The summed E-state index contributed by atoms with van der Waals surface area (Å²) < 4.78 is 19.7. The summed E-state index contributed by atoms with van der Waals surface area (Å²) in [6.07, 6.45) is 2.29. The number of nitrogens with one attached hydrogen (secondary N) is 1.